The summed E-state index contributed by atoms with van der Waals surface area (Å²) in [4.78, 5) is 0. The van der Waals surface area contributed by atoms with Crippen LogP contribution in [0, 0.1) is 11.3 Å². The standard InChI is InChI=1S/C11H17N.C2H7N/c1-9-5-3-6-10(2)11(9)7-4-8-12;1-3-2/h4,7-9,12H,3,5-6H2,1-2H3;3H,1-2H3/b7-4-,12-8?;. The molecule has 0 radical (unpaired) electrons. The van der Waals surface area contributed by atoms with Crippen LogP contribution in [0.4, 0.5) is 0 Å². The zero-order valence-corrected chi connectivity index (χ0v) is 10.4. The summed E-state index contributed by atoms with van der Waals surface area (Å²) in [5.74, 6) is 0.690. The Bertz CT molecular complexity index is 239. The molecule has 0 heterocycles. The van der Waals surface area contributed by atoms with Crippen molar-refractivity contribution >= 4 is 6.21 Å². The molecule has 1 atom stereocenters. The second kappa shape index (κ2) is 8.42. The highest BCUT2D eigenvalue weighted by atomic mass is 14.7. The highest BCUT2D eigenvalue weighted by molar-refractivity contribution is 5.68. The van der Waals surface area contributed by atoms with Crippen molar-refractivity contribution in [3.63, 3.8) is 0 Å². The highest BCUT2D eigenvalue weighted by Crippen LogP contribution is 2.30. The first-order valence-corrected chi connectivity index (χ1v) is 5.62. The molecule has 2 heteroatoms. The van der Waals surface area contributed by atoms with Crippen LogP contribution in [-0.4, -0.2) is 20.3 Å². The van der Waals surface area contributed by atoms with Crippen molar-refractivity contribution in [2.45, 2.75) is 33.1 Å². The summed E-state index contributed by atoms with van der Waals surface area (Å²) < 4.78 is 0. The van der Waals surface area contributed by atoms with E-state index in [4.69, 9.17) is 5.41 Å². The van der Waals surface area contributed by atoms with E-state index in [9.17, 15) is 0 Å². The smallest absolute Gasteiger partial charge is 0.0177 e. The van der Waals surface area contributed by atoms with Gasteiger partial charge in [0.2, 0.25) is 0 Å². The zero-order chi connectivity index (χ0) is 11.7. The van der Waals surface area contributed by atoms with Crippen molar-refractivity contribution in [2.24, 2.45) is 5.92 Å². The van der Waals surface area contributed by atoms with Crippen molar-refractivity contribution in [3.05, 3.63) is 23.3 Å². The van der Waals surface area contributed by atoms with Crippen molar-refractivity contribution in [1.82, 2.24) is 5.32 Å². The molecule has 1 unspecified atom stereocenters. The van der Waals surface area contributed by atoms with E-state index in [0.29, 0.717) is 5.92 Å². The lowest BCUT2D eigenvalue weighted by Gasteiger charge is -2.21. The fourth-order valence-corrected chi connectivity index (χ4v) is 1.85. The monoisotopic (exact) mass is 208 g/mol. The maximum atomic E-state index is 6.92. The van der Waals surface area contributed by atoms with E-state index in [0.717, 1.165) is 0 Å². The van der Waals surface area contributed by atoms with Gasteiger partial charge in [-0.2, -0.15) is 0 Å². The average Bonchev–Trinajstić information content (AvgIpc) is 2.18. The molecule has 0 bridgehead atoms. The van der Waals surface area contributed by atoms with Gasteiger partial charge in [-0.25, -0.2) is 0 Å². The van der Waals surface area contributed by atoms with E-state index in [1.165, 1.54) is 36.6 Å². The zero-order valence-electron chi connectivity index (χ0n) is 10.4. The Labute approximate surface area is 94.0 Å². The predicted molar refractivity (Wildman–Crippen MR) is 68.6 cm³/mol. The molecule has 0 saturated heterocycles. The Kier molecular flexibility index (Phi) is 7.92. The first-order valence-electron chi connectivity index (χ1n) is 5.62. The lowest BCUT2D eigenvalue weighted by molar-refractivity contribution is 0.546. The molecule has 15 heavy (non-hydrogen) atoms. The van der Waals surface area contributed by atoms with Gasteiger partial charge in [0.05, 0.1) is 0 Å². The second-order valence-electron chi connectivity index (χ2n) is 4.05. The molecule has 0 fully saturated rings. The third-order valence-electron chi connectivity index (χ3n) is 2.58. The van der Waals surface area contributed by atoms with Crippen LogP contribution in [0.1, 0.15) is 33.1 Å². The molecule has 2 N–H and O–H groups in total. The van der Waals surface area contributed by atoms with E-state index in [1.807, 2.05) is 20.2 Å². The Morgan fingerprint density at radius 2 is 2.00 bits per heavy atom. The number of allylic oxidation sites excluding steroid dienone is 4. The minimum absolute atomic E-state index is 0.690. The van der Waals surface area contributed by atoms with Gasteiger partial charge in [0.25, 0.3) is 0 Å². The van der Waals surface area contributed by atoms with Crippen molar-refractivity contribution in [2.75, 3.05) is 14.1 Å². The van der Waals surface area contributed by atoms with Crippen molar-refractivity contribution < 1.29 is 0 Å². The van der Waals surface area contributed by atoms with Crippen LogP contribution in [0.2, 0.25) is 0 Å². The average molecular weight is 208 g/mol. The van der Waals surface area contributed by atoms with Crippen molar-refractivity contribution in [1.29, 1.82) is 5.41 Å². The molecule has 1 aliphatic carbocycles. The molecule has 0 aromatic carbocycles. The lowest BCUT2D eigenvalue weighted by atomic mass is 9.84. The Morgan fingerprint density at radius 3 is 2.47 bits per heavy atom. The van der Waals surface area contributed by atoms with E-state index in [-0.39, 0.29) is 0 Å². The highest BCUT2D eigenvalue weighted by Gasteiger charge is 2.13. The summed E-state index contributed by atoms with van der Waals surface area (Å²) in [6, 6.07) is 0. The minimum Gasteiger partial charge on any atom is -0.323 e. The van der Waals surface area contributed by atoms with Gasteiger partial charge < -0.3 is 10.7 Å². The maximum Gasteiger partial charge on any atom is 0.0177 e. The molecule has 1 aliphatic rings. The van der Waals surface area contributed by atoms with Gasteiger partial charge >= 0.3 is 0 Å². The predicted octanol–water partition coefficient (Wildman–Crippen LogP) is 3.16. The normalized spacial score (nSPS) is 21.2. The summed E-state index contributed by atoms with van der Waals surface area (Å²) in [5, 5.41) is 9.67. The topological polar surface area (TPSA) is 35.9 Å². The fraction of sp³-hybridized carbons (Fsp3) is 0.615. The lowest BCUT2D eigenvalue weighted by Crippen LogP contribution is -2.06. The third-order valence-corrected chi connectivity index (χ3v) is 2.58. The Balaban J connectivity index is 0.000000583. The van der Waals surface area contributed by atoms with Gasteiger partial charge in [0.15, 0.2) is 0 Å². The fourth-order valence-electron chi connectivity index (χ4n) is 1.85. The van der Waals surface area contributed by atoms with Crippen LogP contribution in [0.25, 0.3) is 0 Å². The summed E-state index contributed by atoms with van der Waals surface area (Å²) >= 11 is 0. The quantitative estimate of drug-likeness (QED) is 0.672. The molecular weight excluding hydrogens is 184 g/mol. The van der Waals surface area contributed by atoms with Crippen molar-refractivity contribution in [3.8, 4) is 0 Å². The van der Waals surface area contributed by atoms with Gasteiger partial charge in [-0.15, -0.1) is 0 Å². The molecule has 0 aromatic rings. The van der Waals surface area contributed by atoms with E-state index >= 15 is 0 Å². The van der Waals surface area contributed by atoms with Gasteiger partial charge in [-0.3, -0.25) is 0 Å². The van der Waals surface area contributed by atoms with Gasteiger partial charge in [-0.05, 0) is 57.8 Å². The minimum atomic E-state index is 0.690. The molecule has 0 aromatic heterocycles. The van der Waals surface area contributed by atoms with Crippen LogP contribution in [0.3, 0.4) is 0 Å². The number of hydrogen-bond donors (Lipinski definition) is 2. The molecule has 0 spiro atoms. The van der Waals surface area contributed by atoms with Crippen LogP contribution < -0.4 is 5.32 Å². The van der Waals surface area contributed by atoms with Crippen LogP contribution in [-0.2, 0) is 0 Å². The Morgan fingerprint density at radius 1 is 1.40 bits per heavy atom. The van der Waals surface area contributed by atoms with Gasteiger partial charge in [0, 0.05) is 6.21 Å². The summed E-state index contributed by atoms with van der Waals surface area (Å²) in [6.45, 7) is 4.48. The van der Waals surface area contributed by atoms with Crippen LogP contribution in [0.15, 0.2) is 23.3 Å². The third kappa shape index (κ3) is 5.53. The first kappa shape index (κ1) is 14.1. The van der Waals surface area contributed by atoms with E-state index in [1.54, 1.807) is 0 Å². The van der Waals surface area contributed by atoms with E-state index < -0.39 is 0 Å². The first-order chi connectivity index (χ1) is 7.17. The molecule has 86 valence electrons. The molecule has 1 rings (SSSR count). The second-order valence-corrected chi connectivity index (χ2v) is 4.05. The van der Waals surface area contributed by atoms with Crippen LogP contribution in [0.5, 0.6) is 0 Å². The molecule has 0 amide bonds. The Hall–Kier alpha value is -0.890. The molecule has 2 nitrogen and oxygen atoms in total. The number of hydrogen-bond acceptors (Lipinski definition) is 2. The summed E-state index contributed by atoms with van der Waals surface area (Å²) in [6.07, 6.45) is 9.13. The maximum absolute atomic E-state index is 6.92. The van der Waals surface area contributed by atoms with Crippen LogP contribution >= 0.6 is 0 Å². The molecular formula is C13H24N2. The van der Waals surface area contributed by atoms with E-state index in [2.05, 4.69) is 25.2 Å². The van der Waals surface area contributed by atoms with Gasteiger partial charge in [0.1, 0.15) is 0 Å². The molecule has 0 saturated carbocycles. The number of rotatable bonds is 2. The molecule has 0 aliphatic heterocycles. The number of nitrogens with one attached hydrogen (secondary N) is 2. The largest absolute Gasteiger partial charge is 0.323 e. The summed E-state index contributed by atoms with van der Waals surface area (Å²) in [7, 11) is 3.75. The SMILES string of the molecule is CC1=C(/C=C\C=N)C(C)CCC1.CNC. The van der Waals surface area contributed by atoms with Gasteiger partial charge in [-0.1, -0.05) is 18.6 Å². The summed E-state index contributed by atoms with van der Waals surface area (Å²) in [5.41, 5.74) is 2.96.